The van der Waals surface area contributed by atoms with Crippen LogP contribution in [0.3, 0.4) is 0 Å². The Labute approximate surface area is 127 Å². The molecule has 0 saturated carbocycles. The van der Waals surface area contributed by atoms with Crippen LogP contribution in [0.4, 0.5) is 10.7 Å². The summed E-state index contributed by atoms with van der Waals surface area (Å²) in [6.45, 7) is 4.23. The summed E-state index contributed by atoms with van der Waals surface area (Å²) in [5.74, 6) is 0. The summed E-state index contributed by atoms with van der Waals surface area (Å²) in [5.41, 5.74) is -0.237. The van der Waals surface area contributed by atoms with Gasteiger partial charge in [0, 0.05) is 32.3 Å². The van der Waals surface area contributed by atoms with Crippen molar-refractivity contribution in [1.29, 1.82) is 0 Å². The van der Waals surface area contributed by atoms with Gasteiger partial charge in [0.15, 0.2) is 5.00 Å². The molecule has 0 fully saturated rings. The van der Waals surface area contributed by atoms with E-state index in [1.54, 1.807) is 13.8 Å². The van der Waals surface area contributed by atoms with Crippen molar-refractivity contribution < 1.29 is 18.4 Å². The normalized spacial score (nSPS) is 11.8. The van der Waals surface area contributed by atoms with E-state index in [2.05, 4.69) is 5.32 Å². The molecule has 0 unspecified atom stereocenters. The average Bonchev–Trinajstić information content (AvgIpc) is 2.85. The van der Waals surface area contributed by atoms with E-state index < -0.39 is 14.9 Å². The number of hydrogen-bond donors (Lipinski definition) is 2. The highest BCUT2D eigenvalue weighted by molar-refractivity contribution is 7.91. The van der Waals surface area contributed by atoms with Gasteiger partial charge in [0.2, 0.25) is 0 Å². The van der Waals surface area contributed by atoms with E-state index in [1.807, 2.05) is 0 Å². The molecule has 2 N–H and O–H groups in total. The van der Waals surface area contributed by atoms with Crippen molar-refractivity contribution in [2.24, 2.45) is 0 Å². The number of nitrogens with one attached hydrogen (secondary N) is 1. The molecule has 0 aliphatic rings. The molecule has 0 aliphatic heterocycles. The second-order valence-electron chi connectivity index (χ2n) is 4.14. The highest BCUT2D eigenvalue weighted by atomic mass is 32.2. The van der Waals surface area contributed by atoms with Gasteiger partial charge in [-0.05, 0) is 13.3 Å². The molecule has 0 saturated heterocycles. The first-order valence-electron chi connectivity index (χ1n) is 6.51. The van der Waals surface area contributed by atoms with Crippen molar-refractivity contribution in [1.82, 2.24) is 4.31 Å². The Morgan fingerprint density at radius 2 is 2.14 bits per heavy atom. The van der Waals surface area contributed by atoms with E-state index >= 15 is 0 Å². The molecule has 0 atom stereocenters. The minimum absolute atomic E-state index is 0.0649. The molecule has 0 aliphatic carbocycles. The van der Waals surface area contributed by atoms with Crippen molar-refractivity contribution in [2.75, 3.05) is 31.6 Å². The van der Waals surface area contributed by atoms with Gasteiger partial charge in [-0.1, -0.05) is 18.3 Å². The van der Waals surface area contributed by atoms with Gasteiger partial charge in [-0.25, -0.2) is 8.42 Å². The summed E-state index contributed by atoms with van der Waals surface area (Å²) in [6, 6.07) is 1.08. The molecule has 0 spiro atoms. The maximum Gasteiger partial charge on any atom is 0.304 e. The molecule has 8 nitrogen and oxygen atoms in total. The number of sulfonamides is 1. The summed E-state index contributed by atoms with van der Waals surface area (Å²) >= 11 is 0.852. The topological polar surface area (TPSA) is 113 Å². The fraction of sp³-hybridized carbons (Fsp3) is 0.636. The van der Waals surface area contributed by atoms with Crippen LogP contribution < -0.4 is 5.32 Å². The number of aliphatic hydroxyl groups excluding tert-OH is 1. The van der Waals surface area contributed by atoms with E-state index in [-0.39, 0.29) is 34.6 Å². The minimum atomic E-state index is -3.78. The number of rotatable bonds is 9. The van der Waals surface area contributed by atoms with Crippen LogP contribution in [-0.4, -0.2) is 49.0 Å². The van der Waals surface area contributed by atoms with Crippen molar-refractivity contribution in [3.63, 3.8) is 0 Å². The number of nitrogens with zero attached hydrogens (tertiary/aromatic N) is 2. The van der Waals surface area contributed by atoms with Crippen LogP contribution in [0.15, 0.2) is 10.3 Å². The second kappa shape index (κ2) is 7.69. The Morgan fingerprint density at radius 3 is 2.62 bits per heavy atom. The highest BCUT2D eigenvalue weighted by Gasteiger charge is 2.29. The summed E-state index contributed by atoms with van der Waals surface area (Å²) in [5, 5.41) is 22.8. The summed E-state index contributed by atoms with van der Waals surface area (Å²) in [4.78, 5) is 10.4. The Balaban J connectivity index is 3.18. The quantitative estimate of drug-likeness (QED) is 0.521. The van der Waals surface area contributed by atoms with Crippen molar-refractivity contribution in [3.05, 3.63) is 16.2 Å². The van der Waals surface area contributed by atoms with Crippen LogP contribution in [0.5, 0.6) is 0 Å². The van der Waals surface area contributed by atoms with E-state index in [4.69, 9.17) is 5.11 Å². The van der Waals surface area contributed by atoms with Gasteiger partial charge in [-0.2, -0.15) is 4.31 Å². The van der Waals surface area contributed by atoms with E-state index in [1.165, 1.54) is 4.31 Å². The SMILES string of the molecule is CCNc1sc(S(=O)(=O)N(CC)CCCO)cc1[N+](=O)[O-]. The minimum Gasteiger partial charge on any atom is -0.396 e. The van der Waals surface area contributed by atoms with Crippen LogP contribution in [0.2, 0.25) is 0 Å². The average molecular weight is 337 g/mol. The lowest BCUT2D eigenvalue weighted by atomic mass is 10.4. The molecule has 1 heterocycles. The van der Waals surface area contributed by atoms with E-state index in [0.29, 0.717) is 13.0 Å². The van der Waals surface area contributed by atoms with Crippen molar-refractivity contribution in [2.45, 2.75) is 24.5 Å². The number of anilines is 1. The first-order valence-corrected chi connectivity index (χ1v) is 8.77. The molecule has 0 aromatic carbocycles. The standard InChI is InChI=1S/C11H19N3O5S2/c1-3-12-11-9(14(16)17)8-10(20-11)21(18,19)13(4-2)6-5-7-15/h8,12,15H,3-7H2,1-2H3. The zero-order valence-corrected chi connectivity index (χ0v) is 13.5. The molecule has 10 heteroatoms. The monoisotopic (exact) mass is 337 g/mol. The van der Waals surface area contributed by atoms with Gasteiger partial charge in [0.25, 0.3) is 10.0 Å². The fourth-order valence-electron chi connectivity index (χ4n) is 1.73. The van der Waals surface area contributed by atoms with Crippen LogP contribution in [0.25, 0.3) is 0 Å². The lowest BCUT2D eigenvalue weighted by Crippen LogP contribution is -2.31. The zero-order chi connectivity index (χ0) is 16.0. The lowest BCUT2D eigenvalue weighted by molar-refractivity contribution is -0.383. The highest BCUT2D eigenvalue weighted by Crippen LogP contribution is 2.38. The third-order valence-electron chi connectivity index (χ3n) is 2.74. The number of hydrogen-bond acceptors (Lipinski definition) is 7. The Morgan fingerprint density at radius 1 is 1.48 bits per heavy atom. The van der Waals surface area contributed by atoms with E-state index in [9.17, 15) is 18.5 Å². The maximum atomic E-state index is 12.5. The van der Waals surface area contributed by atoms with Gasteiger partial charge in [0.1, 0.15) is 4.21 Å². The predicted molar refractivity (Wildman–Crippen MR) is 81.3 cm³/mol. The molecule has 1 rings (SSSR count). The number of nitro groups is 1. The summed E-state index contributed by atoms with van der Waals surface area (Å²) in [7, 11) is -3.78. The molecular formula is C11H19N3O5S2. The van der Waals surface area contributed by atoms with Crippen LogP contribution in [0.1, 0.15) is 20.3 Å². The Kier molecular flexibility index (Phi) is 6.52. The van der Waals surface area contributed by atoms with Gasteiger partial charge < -0.3 is 10.4 Å². The summed E-state index contributed by atoms with van der Waals surface area (Å²) < 4.78 is 26.1. The van der Waals surface area contributed by atoms with Crippen LogP contribution in [-0.2, 0) is 10.0 Å². The molecular weight excluding hydrogens is 318 g/mol. The third-order valence-corrected chi connectivity index (χ3v) is 6.24. The smallest absolute Gasteiger partial charge is 0.304 e. The largest absolute Gasteiger partial charge is 0.396 e. The first kappa shape index (κ1) is 17.8. The molecule has 21 heavy (non-hydrogen) atoms. The Hall–Kier alpha value is -1.23. The predicted octanol–water partition coefficient (Wildman–Crippen LogP) is 1.48. The molecule has 0 radical (unpaired) electrons. The van der Waals surface area contributed by atoms with Gasteiger partial charge in [0.05, 0.1) is 4.92 Å². The molecule has 0 amide bonds. The summed E-state index contributed by atoms with van der Waals surface area (Å²) in [6.07, 6.45) is 0.320. The van der Waals surface area contributed by atoms with Gasteiger partial charge >= 0.3 is 5.69 Å². The Bertz CT molecular complexity index is 585. The maximum absolute atomic E-state index is 12.5. The van der Waals surface area contributed by atoms with Crippen LogP contribution >= 0.6 is 11.3 Å². The van der Waals surface area contributed by atoms with Gasteiger partial charge in [-0.3, -0.25) is 10.1 Å². The van der Waals surface area contributed by atoms with Gasteiger partial charge in [-0.15, -0.1) is 0 Å². The fourth-order valence-corrected chi connectivity index (χ4v) is 4.77. The second-order valence-corrected chi connectivity index (χ2v) is 7.36. The van der Waals surface area contributed by atoms with Crippen molar-refractivity contribution >= 4 is 32.0 Å². The zero-order valence-electron chi connectivity index (χ0n) is 11.9. The first-order chi connectivity index (χ1) is 9.88. The van der Waals surface area contributed by atoms with E-state index in [0.717, 1.165) is 17.4 Å². The van der Waals surface area contributed by atoms with Crippen molar-refractivity contribution in [3.8, 4) is 0 Å². The third kappa shape index (κ3) is 4.13. The lowest BCUT2D eigenvalue weighted by Gasteiger charge is -2.18. The number of thiophene rings is 1. The molecule has 1 aromatic rings. The van der Waals surface area contributed by atoms with Crippen LogP contribution in [0, 0.1) is 10.1 Å². The molecule has 1 aromatic heterocycles. The molecule has 120 valence electrons. The molecule has 0 bridgehead atoms. The number of aliphatic hydroxyl groups is 1.